The number of carbonyl (C=O) groups is 6. The molecule has 0 aromatic rings. The van der Waals surface area contributed by atoms with Crippen molar-refractivity contribution in [2.75, 3.05) is 0 Å². The molecule has 0 aromatic heterocycles. The van der Waals surface area contributed by atoms with Gasteiger partial charge in [0.1, 0.15) is 11.6 Å². The summed E-state index contributed by atoms with van der Waals surface area (Å²) in [4.78, 5) is 67.4. The Morgan fingerprint density at radius 2 is 0.677 bits per heavy atom. The van der Waals surface area contributed by atoms with E-state index in [2.05, 4.69) is 0 Å². The maximum absolute atomic E-state index is 11.5. The van der Waals surface area contributed by atoms with Crippen LogP contribution in [0.3, 0.4) is 0 Å². The first-order valence-electron chi connectivity index (χ1n) is 9.55. The summed E-state index contributed by atoms with van der Waals surface area (Å²) in [6.07, 6.45) is -0.713. The Morgan fingerprint density at radius 3 is 0.806 bits per heavy atom. The summed E-state index contributed by atoms with van der Waals surface area (Å²) in [5, 5.41) is 21.3. The largest absolute Gasteiger partial charge is 2.00 e. The van der Waals surface area contributed by atoms with E-state index in [9.17, 15) is 39.0 Å². The van der Waals surface area contributed by atoms with E-state index in [1.165, 1.54) is 27.7 Å². The predicted molar refractivity (Wildman–Crippen MR) is 112 cm³/mol. The Hall–Kier alpha value is -1.12. The molecule has 0 atom stereocenters. The van der Waals surface area contributed by atoms with Crippen molar-refractivity contribution in [1.29, 1.82) is 0 Å². The van der Waals surface area contributed by atoms with Crippen molar-refractivity contribution < 1.29 is 39.0 Å². The molecule has 0 amide bonds. The molecule has 0 aliphatic rings. The van der Waals surface area contributed by atoms with Crippen LogP contribution in [0.2, 0.25) is 0 Å². The van der Waals surface area contributed by atoms with Gasteiger partial charge < -0.3 is 19.8 Å². The molecular formula is C22H34CaO8. The number of aliphatic carboxylic acids is 2. The summed E-state index contributed by atoms with van der Waals surface area (Å²) in [6.45, 7) is 15.1. The molecule has 0 aromatic carbocycles. The minimum atomic E-state index is -1.60. The standard InChI is InChI=1S/2C11H18O4.Ca/c2*1-10(2,3)7(12)6-8(13)11(4,5)9(14)15;/h2*6H2,1-5H3,(H,14,15);/q;;+2/p-2. The molecule has 0 radical (unpaired) electrons. The molecule has 0 fully saturated rings. The van der Waals surface area contributed by atoms with Gasteiger partial charge in [0.2, 0.25) is 0 Å². The van der Waals surface area contributed by atoms with E-state index in [0.29, 0.717) is 0 Å². The fourth-order valence-electron chi connectivity index (χ4n) is 1.49. The third-order valence-electron chi connectivity index (χ3n) is 4.73. The molecule has 9 heteroatoms. The summed E-state index contributed by atoms with van der Waals surface area (Å²) >= 11 is 0. The summed E-state index contributed by atoms with van der Waals surface area (Å²) < 4.78 is 0. The van der Waals surface area contributed by atoms with Crippen molar-refractivity contribution >= 4 is 72.8 Å². The molecule has 31 heavy (non-hydrogen) atoms. The second-order valence-corrected chi connectivity index (χ2v) is 10.4. The number of rotatable bonds is 8. The Morgan fingerprint density at radius 1 is 0.484 bits per heavy atom. The molecule has 0 aliphatic heterocycles. The monoisotopic (exact) mass is 466 g/mol. The Labute approximate surface area is 214 Å². The minimum absolute atomic E-state index is 0. The van der Waals surface area contributed by atoms with Crippen molar-refractivity contribution in [2.45, 2.75) is 82.1 Å². The Kier molecular flexibility index (Phi) is 13.6. The first-order valence-corrected chi connectivity index (χ1v) is 9.55. The first kappa shape index (κ1) is 34.5. The van der Waals surface area contributed by atoms with Gasteiger partial charge in [-0.25, -0.2) is 0 Å². The maximum Gasteiger partial charge on any atom is 2.00 e. The molecule has 0 heterocycles. The van der Waals surface area contributed by atoms with Crippen LogP contribution >= 0.6 is 0 Å². The zero-order valence-electron chi connectivity index (χ0n) is 20.4. The van der Waals surface area contributed by atoms with Gasteiger partial charge in [0.05, 0.1) is 35.6 Å². The van der Waals surface area contributed by atoms with Crippen LogP contribution in [0, 0.1) is 21.7 Å². The molecular weight excluding hydrogens is 432 g/mol. The predicted octanol–water partition coefficient (Wildman–Crippen LogP) is 0.293. The number of hydrogen-bond donors (Lipinski definition) is 0. The van der Waals surface area contributed by atoms with Gasteiger partial charge in [-0.2, -0.15) is 0 Å². The topological polar surface area (TPSA) is 149 Å². The van der Waals surface area contributed by atoms with Crippen LogP contribution in [0.15, 0.2) is 0 Å². The molecule has 0 N–H and O–H groups in total. The van der Waals surface area contributed by atoms with Crippen LogP contribution in [0.1, 0.15) is 82.1 Å². The summed E-state index contributed by atoms with van der Waals surface area (Å²) in [6, 6.07) is 0. The van der Waals surface area contributed by atoms with E-state index in [0.717, 1.165) is 0 Å². The van der Waals surface area contributed by atoms with Gasteiger partial charge in [-0.05, 0) is 27.7 Å². The van der Waals surface area contributed by atoms with Crippen LogP contribution in [-0.4, -0.2) is 72.8 Å². The molecule has 0 rings (SSSR count). The third-order valence-corrected chi connectivity index (χ3v) is 4.73. The summed E-state index contributed by atoms with van der Waals surface area (Å²) in [7, 11) is 0. The molecule has 0 spiro atoms. The second kappa shape index (κ2) is 12.2. The van der Waals surface area contributed by atoms with Gasteiger partial charge >= 0.3 is 37.7 Å². The number of carboxylic acid groups (broad SMARTS) is 2. The van der Waals surface area contributed by atoms with Crippen LogP contribution in [0.25, 0.3) is 0 Å². The second-order valence-electron chi connectivity index (χ2n) is 10.4. The average molecular weight is 467 g/mol. The van der Waals surface area contributed by atoms with E-state index in [1.807, 2.05) is 0 Å². The zero-order chi connectivity index (χ0) is 24.9. The number of Topliss-reactive ketones (excluding diaryl/α,β-unsaturated/α-hetero) is 4. The van der Waals surface area contributed by atoms with E-state index in [-0.39, 0.29) is 62.1 Å². The molecule has 0 saturated heterocycles. The van der Waals surface area contributed by atoms with Crippen LogP contribution in [0.4, 0.5) is 0 Å². The quantitative estimate of drug-likeness (QED) is 0.366. The van der Waals surface area contributed by atoms with Gasteiger partial charge in [-0.1, -0.05) is 41.5 Å². The van der Waals surface area contributed by atoms with Crippen molar-refractivity contribution in [3.8, 4) is 0 Å². The van der Waals surface area contributed by atoms with Crippen LogP contribution < -0.4 is 10.2 Å². The average Bonchev–Trinajstić information content (AvgIpc) is 2.52. The smallest absolute Gasteiger partial charge is 0.549 e. The molecule has 0 unspecified atom stereocenters. The summed E-state index contributed by atoms with van der Waals surface area (Å²) in [5.41, 5.74) is -4.45. The normalized spacial score (nSPS) is 11.9. The summed E-state index contributed by atoms with van der Waals surface area (Å²) in [5.74, 6) is -4.64. The SMILES string of the molecule is CC(C)(C)C(=O)CC(=O)C(C)(C)C(=O)[O-].CC(C)(C)C(=O)CC(=O)C(C)(C)C(=O)[O-].[Ca+2]. The Bertz CT molecular complexity index is 657. The zero-order valence-corrected chi connectivity index (χ0v) is 22.6. The van der Waals surface area contributed by atoms with E-state index >= 15 is 0 Å². The molecule has 8 nitrogen and oxygen atoms in total. The Balaban J connectivity index is -0.000000490. The van der Waals surface area contributed by atoms with Gasteiger partial charge in [-0.15, -0.1) is 0 Å². The number of hydrogen-bond acceptors (Lipinski definition) is 8. The van der Waals surface area contributed by atoms with E-state index in [1.54, 1.807) is 41.5 Å². The van der Waals surface area contributed by atoms with Gasteiger partial charge in [0, 0.05) is 10.8 Å². The van der Waals surface area contributed by atoms with Crippen LogP contribution in [-0.2, 0) is 28.8 Å². The van der Waals surface area contributed by atoms with E-state index in [4.69, 9.17) is 0 Å². The fraction of sp³-hybridized carbons (Fsp3) is 0.727. The number of carboxylic acids is 2. The first-order chi connectivity index (χ1) is 13.0. The van der Waals surface area contributed by atoms with Gasteiger partial charge in [0.15, 0.2) is 11.6 Å². The number of carbonyl (C=O) groups excluding carboxylic acids is 6. The van der Waals surface area contributed by atoms with Crippen molar-refractivity contribution in [1.82, 2.24) is 0 Å². The van der Waals surface area contributed by atoms with Gasteiger partial charge in [0.25, 0.3) is 0 Å². The van der Waals surface area contributed by atoms with E-state index < -0.39 is 45.2 Å². The molecule has 0 bridgehead atoms. The molecule has 172 valence electrons. The van der Waals surface area contributed by atoms with Crippen LogP contribution in [0.5, 0.6) is 0 Å². The third kappa shape index (κ3) is 11.3. The fourth-order valence-corrected chi connectivity index (χ4v) is 1.49. The maximum atomic E-state index is 11.5. The van der Waals surface area contributed by atoms with Crippen molar-refractivity contribution in [2.24, 2.45) is 21.7 Å². The molecule has 0 aliphatic carbocycles. The van der Waals surface area contributed by atoms with Crippen molar-refractivity contribution in [3.63, 3.8) is 0 Å². The number of ketones is 4. The van der Waals surface area contributed by atoms with Crippen molar-refractivity contribution in [3.05, 3.63) is 0 Å². The molecule has 0 saturated carbocycles. The van der Waals surface area contributed by atoms with Gasteiger partial charge in [-0.3, -0.25) is 19.2 Å². The minimum Gasteiger partial charge on any atom is -0.549 e.